The fourth-order valence-electron chi connectivity index (χ4n) is 13.3. The minimum absolute atomic E-state index is 0.0401. The molecule has 39 heteroatoms. The molecule has 7 amide bonds. The molecule has 0 aliphatic carbocycles. The van der Waals surface area contributed by atoms with Gasteiger partial charge in [-0.2, -0.15) is 11.8 Å². The van der Waals surface area contributed by atoms with Crippen molar-refractivity contribution in [1.29, 1.82) is 0 Å². The average molecular weight is 1800 g/mol. The topological polar surface area (TPSA) is 560 Å². The van der Waals surface area contributed by atoms with Gasteiger partial charge >= 0.3 is 23.9 Å². The Kier molecular flexibility index (Phi) is 43.5. The number of phenolic OH excluding ortho intramolecular Hbond substituents is 3. The van der Waals surface area contributed by atoms with Crippen LogP contribution in [0, 0.1) is 29.6 Å². The quantitative estimate of drug-likeness (QED) is 0.0114. The third-order valence-electron chi connectivity index (χ3n) is 20.4. The van der Waals surface area contributed by atoms with E-state index in [1.165, 1.54) is 123 Å². The van der Waals surface area contributed by atoms with Crippen LogP contribution in [-0.2, 0) is 125 Å². The molecule has 0 saturated carbocycles. The van der Waals surface area contributed by atoms with Crippen LogP contribution in [0.15, 0.2) is 121 Å². The van der Waals surface area contributed by atoms with Gasteiger partial charge in [-0.25, -0.2) is 14.3 Å². The number of aliphatic carboxylic acids is 4. The van der Waals surface area contributed by atoms with Crippen LogP contribution in [-0.4, -0.2) is 250 Å². The summed E-state index contributed by atoms with van der Waals surface area (Å²) in [5.74, 6) is -22.8. The lowest BCUT2D eigenvalue weighted by atomic mass is 9.88. The SMILES string of the molecule is C=C(C[C@H](Cc1ccc(O)cc1)C(=O)N[C@H](CCSC)C(=O)C[C@H](CC(=O)O)C(=O)N[C@@H](C(=O)O)C(C)C)C1CSSCC(CC(=O)[C@@H](Cc2ccc(O)cc2)NC(=O)Cc2cn(CCOCCOCCCC(=O)[C@H](CC(=O)O)NC)nn2)C(=O)N[C@H](C(=O)O)C(=O)CCC(=O)N[C@@H](Cc2ccccc2)C(=O)N[C@H](Cc2ccc(O)cc2)C(=O)C[C@H](C)C(=O)N1. The molecule has 0 radical (unpaired) electrons. The number of hydrogen-bond acceptors (Lipinski definition) is 27. The Bertz CT molecular complexity index is 4520. The molecule has 5 aromatic rings. The number of hydrogen-bond donors (Lipinski definition) is 15. The van der Waals surface area contributed by atoms with Crippen molar-refractivity contribution in [1.82, 2.24) is 57.5 Å². The van der Waals surface area contributed by atoms with E-state index in [4.69, 9.17) is 14.6 Å². The first-order valence-corrected chi connectivity index (χ1v) is 44.5. The summed E-state index contributed by atoms with van der Waals surface area (Å²) in [5, 5.41) is 99.6. The van der Waals surface area contributed by atoms with Gasteiger partial charge in [0, 0.05) is 81.1 Å². The van der Waals surface area contributed by atoms with E-state index in [2.05, 4.69) is 59.4 Å². The van der Waals surface area contributed by atoms with Crippen molar-refractivity contribution in [3.05, 3.63) is 149 Å². The maximum absolute atomic E-state index is 15.2. The Balaban J connectivity index is 1.35. The summed E-state index contributed by atoms with van der Waals surface area (Å²) in [7, 11) is 3.41. The van der Waals surface area contributed by atoms with Crippen molar-refractivity contribution in [3.8, 4) is 17.2 Å². The van der Waals surface area contributed by atoms with Gasteiger partial charge in [0.25, 0.3) is 0 Å². The van der Waals surface area contributed by atoms with E-state index < -0.39 is 217 Å². The maximum Gasteiger partial charge on any atom is 0.334 e. The summed E-state index contributed by atoms with van der Waals surface area (Å²) in [6, 6.07) is 13.9. The third kappa shape index (κ3) is 36.8. The molecule has 0 bridgehead atoms. The lowest BCUT2D eigenvalue weighted by Gasteiger charge is -2.28. The van der Waals surface area contributed by atoms with Crippen LogP contribution in [0.2, 0.25) is 0 Å². The first-order valence-electron chi connectivity index (χ1n) is 40.6. The zero-order chi connectivity index (χ0) is 91.8. The van der Waals surface area contributed by atoms with Gasteiger partial charge in [-0.3, -0.25) is 67.1 Å². The highest BCUT2D eigenvalue weighted by atomic mass is 33.1. The minimum Gasteiger partial charge on any atom is -0.508 e. The van der Waals surface area contributed by atoms with Crippen molar-refractivity contribution in [3.63, 3.8) is 0 Å². The lowest BCUT2D eigenvalue weighted by molar-refractivity contribution is -0.147. The van der Waals surface area contributed by atoms with Gasteiger partial charge in [0.2, 0.25) is 41.4 Å². The van der Waals surface area contributed by atoms with Gasteiger partial charge in [0.15, 0.2) is 29.2 Å². The number of rotatable bonds is 46. The highest BCUT2D eigenvalue weighted by Gasteiger charge is 2.39. The lowest BCUT2D eigenvalue weighted by Crippen LogP contribution is -2.53. The van der Waals surface area contributed by atoms with Crippen molar-refractivity contribution in [2.45, 2.75) is 178 Å². The van der Waals surface area contributed by atoms with E-state index in [0.29, 0.717) is 28.7 Å². The Morgan fingerprint density at radius 3 is 1.79 bits per heavy atom. The second-order valence-electron chi connectivity index (χ2n) is 30.7. The monoisotopic (exact) mass is 1790 g/mol. The van der Waals surface area contributed by atoms with Crippen molar-refractivity contribution in [2.75, 3.05) is 57.0 Å². The molecule has 1 aliphatic rings. The number of phenols is 3. The van der Waals surface area contributed by atoms with Crippen LogP contribution >= 0.6 is 33.3 Å². The summed E-state index contributed by atoms with van der Waals surface area (Å²) >= 11 is 1.30. The molecular formula is C86H111N11O25S3. The first kappa shape index (κ1) is 102. The van der Waals surface area contributed by atoms with Crippen LogP contribution in [0.25, 0.3) is 0 Å². The number of carboxylic acid groups (broad SMARTS) is 4. The molecule has 1 aliphatic heterocycles. The summed E-state index contributed by atoms with van der Waals surface area (Å²) in [6.45, 7) is 9.71. The summed E-state index contributed by atoms with van der Waals surface area (Å²) in [5.41, 5.74) is 2.16. The highest BCUT2D eigenvalue weighted by molar-refractivity contribution is 8.76. The number of carboxylic acids is 4. The number of aromatic nitrogens is 3. The van der Waals surface area contributed by atoms with E-state index in [1.54, 1.807) is 36.6 Å². The Morgan fingerprint density at radius 1 is 0.600 bits per heavy atom. The van der Waals surface area contributed by atoms with Gasteiger partial charge in [-0.15, -0.1) is 5.10 Å². The standard InChI is InChI=1S/C86H111N11O25S3/c1-49(2)78(85(117)118)93-82(114)57(43-76(108)109)41-72(104)63(28-34-123-6)90-81(113)56(37-53-14-20-60(98)21-15-53)35-50(3)68-48-125-124-47-58(42-73(105)65(38-54-16-22-61(99)23-17-54)88-75(107)44-59-46-97(96-95-59)29-31-122-33-32-121-30-10-13-69(101)64(87-5)45-77(110)111)83(115)94-79(86(119)120)70(102)26-27-74(106)89-67(40-52-11-8-7-9-12-52)84(116)91-66(39-55-18-24-62(100)25-19-55)71(103)36-51(4)80(112)92-68/h7-9,11-12,14-25,46,49,51,56-58,63-68,78-79,87,98-100H,3,10,13,26-45,47-48H2,1-2,4-6H3,(H,88,107)(H,89,106)(H,90,113)(H,91,116)(H,92,112)(H,93,114)(H,94,115)(H,108,109)(H,110,111)(H,117,118)(H,119,120)/t51-,56+,57+,58?,63+,64-,65+,66+,67-,68?,78+,79-/m0/s1. The molecule has 1 fully saturated rings. The molecule has 0 spiro atoms. The number of thioether (sulfide) groups is 1. The van der Waals surface area contributed by atoms with Gasteiger partial charge in [-0.1, -0.05) is 126 Å². The van der Waals surface area contributed by atoms with Crippen molar-refractivity contribution < 1.29 is 122 Å². The minimum atomic E-state index is -2.35. The van der Waals surface area contributed by atoms with E-state index in [1.807, 2.05) is 0 Å². The number of Topliss-reactive ketones (excluding diaryl/α,β-unsaturated/α-hetero) is 5. The first-order chi connectivity index (χ1) is 59.5. The molecule has 125 heavy (non-hydrogen) atoms. The third-order valence-corrected chi connectivity index (χ3v) is 23.6. The molecule has 2 heterocycles. The Hall–Kier alpha value is -11.4. The van der Waals surface area contributed by atoms with Crippen LogP contribution in [0.3, 0.4) is 0 Å². The second kappa shape index (κ2) is 53.1. The number of nitrogens with one attached hydrogen (secondary N) is 8. The predicted octanol–water partition coefficient (Wildman–Crippen LogP) is 3.85. The highest BCUT2D eigenvalue weighted by Crippen LogP contribution is 2.32. The second-order valence-corrected chi connectivity index (χ2v) is 34.3. The molecule has 2 unspecified atom stereocenters. The number of ether oxygens (including phenoxy) is 2. The van der Waals surface area contributed by atoms with Gasteiger partial charge in [-0.05, 0) is 122 Å². The molecule has 678 valence electrons. The van der Waals surface area contributed by atoms with Crippen LogP contribution in [0.1, 0.15) is 119 Å². The zero-order valence-electron chi connectivity index (χ0n) is 70.1. The van der Waals surface area contributed by atoms with Crippen LogP contribution < -0.4 is 42.5 Å². The van der Waals surface area contributed by atoms with E-state index >= 15 is 14.4 Å². The smallest absolute Gasteiger partial charge is 0.334 e. The van der Waals surface area contributed by atoms with Crippen LogP contribution in [0.5, 0.6) is 17.2 Å². The molecule has 1 aromatic heterocycles. The number of carbonyl (C=O) groups excluding carboxylic acids is 12. The van der Waals surface area contributed by atoms with Gasteiger partial charge in [0.05, 0.1) is 93.4 Å². The zero-order valence-corrected chi connectivity index (χ0v) is 72.6. The molecular weight excluding hydrogens is 1680 g/mol. The molecule has 15 N–H and O–H groups in total. The van der Waals surface area contributed by atoms with Crippen molar-refractivity contribution >= 4 is 127 Å². The van der Waals surface area contributed by atoms with E-state index in [9.17, 15) is 93.0 Å². The maximum atomic E-state index is 15.2. The molecule has 12 atom stereocenters. The van der Waals surface area contributed by atoms with Crippen LogP contribution in [0.4, 0.5) is 0 Å². The number of benzene rings is 4. The number of amides is 7. The summed E-state index contributed by atoms with van der Waals surface area (Å²) < 4.78 is 12.6. The Labute approximate surface area is 734 Å². The van der Waals surface area contributed by atoms with E-state index in [-0.39, 0.29) is 130 Å². The Morgan fingerprint density at radius 2 is 1.19 bits per heavy atom. The van der Waals surface area contributed by atoms with E-state index in [0.717, 1.165) is 21.6 Å². The summed E-state index contributed by atoms with van der Waals surface area (Å²) in [6.07, 6.45) is -2.73. The fraction of sp³-hybridized carbons (Fsp3) is 0.488. The van der Waals surface area contributed by atoms with Gasteiger partial charge < -0.3 is 87.8 Å². The number of carbonyl (C=O) groups is 16. The molecule has 6 rings (SSSR count). The number of likely N-dealkylation sites (N-methyl/N-ethyl adjacent to an activating group) is 1. The summed E-state index contributed by atoms with van der Waals surface area (Å²) in [4.78, 5) is 221. The largest absolute Gasteiger partial charge is 0.508 e. The average Bonchev–Trinajstić information content (AvgIpc) is 1.60. The number of nitrogens with zero attached hydrogens (tertiary/aromatic N) is 3. The number of ketones is 5. The molecule has 1 saturated heterocycles. The molecule has 4 aromatic carbocycles. The normalized spacial score (nSPS) is 18.6. The number of aromatic hydroxyl groups is 3. The fourth-order valence-corrected chi connectivity index (χ4v) is 16.4. The predicted molar refractivity (Wildman–Crippen MR) is 461 cm³/mol. The van der Waals surface area contributed by atoms with Gasteiger partial charge in [0.1, 0.15) is 35.1 Å². The molecule has 36 nitrogen and oxygen atoms in total. The van der Waals surface area contributed by atoms with Crippen molar-refractivity contribution in [2.24, 2.45) is 29.6 Å².